The van der Waals surface area contributed by atoms with Crippen LogP contribution in [0.2, 0.25) is 0 Å². The van der Waals surface area contributed by atoms with Crippen molar-refractivity contribution < 1.29 is 4.57 Å². The summed E-state index contributed by atoms with van der Waals surface area (Å²) in [6.45, 7) is 10.6. The SMILES string of the molecule is CC1(C)CP(C)(=O)C1(C)C. The molecule has 0 amide bonds. The molecule has 0 bridgehead atoms. The maximum absolute atomic E-state index is 11.7. The third kappa shape index (κ3) is 0.733. The van der Waals surface area contributed by atoms with Gasteiger partial charge in [-0.2, -0.15) is 0 Å². The van der Waals surface area contributed by atoms with Gasteiger partial charge in [-0.15, -0.1) is 0 Å². The molecule has 1 rings (SSSR count). The summed E-state index contributed by atoms with van der Waals surface area (Å²) in [6.07, 6.45) is 0.924. The zero-order chi connectivity index (χ0) is 8.21. The topological polar surface area (TPSA) is 17.1 Å². The molecule has 0 aromatic carbocycles. The predicted molar refractivity (Wildman–Crippen MR) is 46.3 cm³/mol. The van der Waals surface area contributed by atoms with Crippen LogP contribution >= 0.6 is 7.14 Å². The molecule has 1 heterocycles. The molecule has 2 heteroatoms. The van der Waals surface area contributed by atoms with Crippen LogP contribution in [0.4, 0.5) is 0 Å². The zero-order valence-electron chi connectivity index (χ0n) is 7.56. The van der Waals surface area contributed by atoms with Gasteiger partial charge < -0.3 is 4.57 Å². The Morgan fingerprint density at radius 1 is 1.20 bits per heavy atom. The standard InChI is InChI=1S/C8H17OP/c1-7(2)6-10(5,9)8(7,3)4/h6H2,1-5H3. The summed E-state index contributed by atoms with van der Waals surface area (Å²) >= 11 is 0. The van der Waals surface area contributed by atoms with Crippen LogP contribution in [0.25, 0.3) is 0 Å². The average Bonchev–Trinajstić information content (AvgIpc) is 1.61. The van der Waals surface area contributed by atoms with E-state index < -0.39 is 7.14 Å². The van der Waals surface area contributed by atoms with E-state index in [0.29, 0.717) is 0 Å². The largest absolute Gasteiger partial charge is 0.323 e. The number of rotatable bonds is 0. The second-order valence-electron chi connectivity index (χ2n) is 4.70. The van der Waals surface area contributed by atoms with Crippen LogP contribution in [-0.4, -0.2) is 18.0 Å². The Bertz CT molecular complexity index is 203. The van der Waals surface area contributed by atoms with Crippen LogP contribution in [-0.2, 0) is 4.57 Å². The second-order valence-corrected chi connectivity index (χ2v) is 8.34. The van der Waals surface area contributed by atoms with Gasteiger partial charge in [-0.3, -0.25) is 0 Å². The fraction of sp³-hybridized carbons (Fsp3) is 1.00. The average molecular weight is 160 g/mol. The van der Waals surface area contributed by atoms with E-state index in [2.05, 4.69) is 27.7 Å². The summed E-state index contributed by atoms with van der Waals surface area (Å²) in [7, 11) is -1.79. The van der Waals surface area contributed by atoms with E-state index in [9.17, 15) is 4.57 Å². The Labute approximate surface area is 63.6 Å². The van der Waals surface area contributed by atoms with Crippen molar-refractivity contribution >= 4 is 7.14 Å². The van der Waals surface area contributed by atoms with E-state index >= 15 is 0 Å². The van der Waals surface area contributed by atoms with Gasteiger partial charge in [0.15, 0.2) is 0 Å². The van der Waals surface area contributed by atoms with Crippen LogP contribution < -0.4 is 0 Å². The summed E-state index contributed by atoms with van der Waals surface area (Å²) in [5.41, 5.74) is 0.289. The van der Waals surface area contributed by atoms with Crippen LogP contribution in [0.5, 0.6) is 0 Å². The third-order valence-electron chi connectivity index (χ3n) is 3.54. The summed E-state index contributed by atoms with van der Waals surface area (Å²) in [5.74, 6) is 0. The van der Waals surface area contributed by atoms with Gasteiger partial charge >= 0.3 is 0 Å². The van der Waals surface area contributed by atoms with Gasteiger partial charge in [0.25, 0.3) is 0 Å². The Balaban J connectivity index is 2.96. The minimum absolute atomic E-state index is 0.0694. The summed E-state index contributed by atoms with van der Waals surface area (Å²) in [4.78, 5) is 0. The molecule has 1 fully saturated rings. The van der Waals surface area contributed by atoms with Crippen LogP contribution in [0.1, 0.15) is 27.7 Å². The second kappa shape index (κ2) is 1.69. The minimum Gasteiger partial charge on any atom is -0.323 e. The lowest BCUT2D eigenvalue weighted by atomic mass is 9.81. The lowest BCUT2D eigenvalue weighted by Gasteiger charge is -2.57. The first-order valence-electron chi connectivity index (χ1n) is 3.77. The number of hydrogen-bond acceptors (Lipinski definition) is 1. The van der Waals surface area contributed by atoms with Crippen molar-refractivity contribution in [3.05, 3.63) is 0 Å². The Kier molecular flexibility index (Phi) is 1.41. The van der Waals surface area contributed by atoms with E-state index in [1.807, 2.05) is 6.66 Å². The molecule has 60 valence electrons. The van der Waals surface area contributed by atoms with Gasteiger partial charge in [-0.1, -0.05) is 27.7 Å². The fourth-order valence-electron chi connectivity index (χ4n) is 1.69. The van der Waals surface area contributed by atoms with E-state index in [1.165, 1.54) is 0 Å². The lowest BCUT2D eigenvalue weighted by molar-refractivity contribution is 0.255. The maximum atomic E-state index is 11.7. The van der Waals surface area contributed by atoms with Crippen LogP contribution in [0.3, 0.4) is 0 Å². The van der Waals surface area contributed by atoms with Crippen LogP contribution in [0.15, 0.2) is 0 Å². The fourth-order valence-corrected chi connectivity index (χ4v) is 5.08. The van der Waals surface area contributed by atoms with E-state index in [1.54, 1.807) is 0 Å². The van der Waals surface area contributed by atoms with Gasteiger partial charge in [0.2, 0.25) is 0 Å². The third-order valence-corrected chi connectivity index (χ3v) is 7.90. The smallest absolute Gasteiger partial charge is 0.0912 e. The van der Waals surface area contributed by atoms with E-state index in [0.717, 1.165) is 6.16 Å². The molecule has 0 N–H and O–H groups in total. The molecule has 0 saturated carbocycles. The van der Waals surface area contributed by atoms with Crippen molar-refractivity contribution in [3.63, 3.8) is 0 Å². The van der Waals surface area contributed by atoms with Gasteiger partial charge in [-0.25, -0.2) is 0 Å². The molecule has 0 aliphatic carbocycles. The predicted octanol–water partition coefficient (Wildman–Crippen LogP) is 2.80. The Morgan fingerprint density at radius 3 is 1.60 bits per heavy atom. The highest BCUT2D eigenvalue weighted by atomic mass is 31.2. The zero-order valence-corrected chi connectivity index (χ0v) is 8.46. The normalized spacial score (nSPS) is 42.5. The highest BCUT2D eigenvalue weighted by Gasteiger charge is 2.59. The molecular formula is C8H17OP. The molecule has 10 heavy (non-hydrogen) atoms. The molecule has 1 saturated heterocycles. The first-order valence-corrected chi connectivity index (χ1v) is 6.11. The van der Waals surface area contributed by atoms with Crippen molar-refractivity contribution in [3.8, 4) is 0 Å². The monoisotopic (exact) mass is 160 g/mol. The van der Waals surface area contributed by atoms with Crippen molar-refractivity contribution in [2.45, 2.75) is 32.9 Å². The molecule has 0 aromatic heterocycles. The molecule has 1 aliphatic heterocycles. The quantitative estimate of drug-likeness (QED) is 0.498. The molecule has 1 nitrogen and oxygen atoms in total. The number of hydrogen-bond donors (Lipinski definition) is 0. The first kappa shape index (κ1) is 8.33. The Morgan fingerprint density at radius 2 is 1.60 bits per heavy atom. The van der Waals surface area contributed by atoms with Gasteiger partial charge in [0.05, 0.1) is 7.14 Å². The molecule has 0 aromatic rings. The molecule has 1 aliphatic rings. The van der Waals surface area contributed by atoms with Crippen molar-refractivity contribution in [2.24, 2.45) is 5.41 Å². The van der Waals surface area contributed by atoms with Crippen LogP contribution in [0, 0.1) is 5.41 Å². The van der Waals surface area contributed by atoms with E-state index in [-0.39, 0.29) is 10.6 Å². The molecular weight excluding hydrogens is 143 g/mol. The highest BCUT2D eigenvalue weighted by molar-refractivity contribution is 7.66. The Hall–Kier alpha value is 0.230. The van der Waals surface area contributed by atoms with Gasteiger partial charge in [0.1, 0.15) is 0 Å². The van der Waals surface area contributed by atoms with Gasteiger partial charge in [0, 0.05) is 11.3 Å². The molecule has 0 radical (unpaired) electrons. The van der Waals surface area contributed by atoms with Gasteiger partial charge in [-0.05, 0) is 12.1 Å². The first-order chi connectivity index (χ1) is 4.21. The molecule has 0 spiro atoms. The van der Waals surface area contributed by atoms with E-state index in [4.69, 9.17) is 0 Å². The van der Waals surface area contributed by atoms with Crippen molar-refractivity contribution in [1.82, 2.24) is 0 Å². The maximum Gasteiger partial charge on any atom is 0.0912 e. The van der Waals surface area contributed by atoms with Crippen molar-refractivity contribution in [2.75, 3.05) is 12.8 Å². The summed E-state index contributed by atoms with van der Waals surface area (Å²) < 4.78 is 11.7. The lowest BCUT2D eigenvalue weighted by Crippen LogP contribution is -2.52. The highest BCUT2D eigenvalue weighted by Crippen LogP contribution is 2.74. The van der Waals surface area contributed by atoms with Crippen molar-refractivity contribution in [1.29, 1.82) is 0 Å². The molecule has 1 atom stereocenters. The minimum atomic E-state index is -1.79. The summed E-state index contributed by atoms with van der Waals surface area (Å²) in [6, 6.07) is 0. The summed E-state index contributed by atoms with van der Waals surface area (Å²) in [5, 5.41) is 0.0694. The molecule has 1 unspecified atom stereocenters.